The maximum atomic E-state index is 12.6. The van der Waals surface area contributed by atoms with E-state index in [-0.39, 0.29) is 31.0 Å². The van der Waals surface area contributed by atoms with Crippen LogP contribution in [0.5, 0.6) is 5.75 Å². The van der Waals surface area contributed by atoms with Gasteiger partial charge in [0.2, 0.25) is 5.91 Å². The lowest BCUT2D eigenvalue weighted by atomic mass is 9.81. The first kappa shape index (κ1) is 24.0. The van der Waals surface area contributed by atoms with Gasteiger partial charge in [-0.25, -0.2) is 14.5 Å². The second-order valence-electron chi connectivity index (χ2n) is 9.01. The topological polar surface area (TPSA) is 153 Å². The van der Waals surface area contributed by atoms with E-state index in [9.17, 15) is 4.79 Å². The van der Waals surface area contributed by atoms with Crippen LogP contribution in [0.15, 0.2) is 30.6 Å². The predicted molar refractivity (Wildman–Crippen MR) is 135 cm³/mol. The summed E-state index contributed by atoms with van der Waals surface area (Å²) in [7, 11) is 1.65. The Morgan fingerprint density at radius 1 is 1.28 bits per heavy atom. The predicted octanol–water partition coefficient (Wildman–Crippen LogP) is 2.26. The third-order valence-corrected chi connectivity index (χ3v) is 6.82. The number of aliphatic hydroxyl groups is 1. The number of nitrogen functional groups attached to an aromatic ring is 1. The van der Waals surface area contributed by atoms with Gasteiger partial charge < -0.3 is 30.6 Å². The maximum Gasteiger partial charge on any atom is 0.223 e. The fraction of sp³-hybridized carbons (Fsp3) is 0.440. The van der Waals surface area contributed by atoms with Crippen molar-refractivity contribution in [3.63, 3.8) is 0 Å². The van der Waals surface area contributed by atoms with Crippen LogP contribution in [0.2, 0.25) is 0 Å². The fourth-order valence-electron chi connectivity index (χ4n) is 5.03. The number of imidazole rings is 1. The standard InChI is InChI=1S/C25H31N7O4/c1-35-19-4-2-3-17-13-18(30-20(17)19)21-22-23(26)28-14-29-32(22)24(31-21)15-5-7-16(8-6-15)25(34)27-9-11-36-12-10-33/h2-4,13-16,30,33H,5-12H2,1H3,(H,27,34)(H2,26,28,29)/t15-,16-. The number of para-hydroxylation sites is 1. The minimum absolute atomic E-state index is 0.0207. The molecule has 1 aliphatic rings. The normalized spacial score (nSPS) is 18.1. The van der Waals surface area contributed by atoms with Gasteiger partial charge in [0.05, 0.1) is 38.1 Å². The van der Waals surface area contributed by atoms with Crippen LogP contribution in [0.4, 0.5) is 5.82 Å². The number of amides is 1. The number of hydrogen-bond donors (Lipinski definition) is 4. The maximum absolute atomic E-state index is 12.6. The molecule has 0 radical (unpaired) electrons. The summed E-state index contributed by atoms with van der Waals surface area (Å²) in [6, 6.07) is 7.90. The summed E-state index contributed by atoms with van der Waals surface area (Å²) in [4.78, 5) is 25.2. The highest BCUT2D eigenvalue weighted by molar-refractivity contribution is 5.93. The number of aromatic nitrogens is 5. The summed E-state index contributed by atoms with van der Waals surface area (Å²) >= 11 is 0. The Morgan fingerprint density at radius 2 is 2.11 bits per heavy atom. The van der Waals surface area contributed by atoms with Crippen molar-refractivity contribution in [2.45, 2.75) is 31.6 Å². The van der Waals surface area contributed by atoms with Crippen molar-refractivity contribution in [2.75, 3.05) is 39.2 Å². The largest absolute Gasteiger partial charge is 0.495 e. The van der Waals surface area contributed by atoms with Crippen LogP contribution in [-0.4, -0.2) is 69.1 Å². The molecule has 1 amide bonds. The van der Waals surface area contributed by atoms with E-state index in [4.69, 9.17) is 25.3 Å². The van der Waals surface area contributed by atoms with Gasteiger partial charge in [-0.05, 0) is 37.8 Å². The highest BCUT2D eigenvalue weighted by atomic mass is 16.5. The molecule has 36 heavy (non-hydrogen) atoms. The van der Waals surface area contributed by atoms with Gasteiger partial charge in [0.25, 0.3) is 0 Å². The van der Waals surface area contributed by atoms with E-state index >= 15 is 0 Å². The van der Waals surface area contributed by atoms with Crippen molar-refractivity contribution in [3.8, 4) is 17.1 Å². The summed E-state index contributed by atoms with van der Waals surface area (Å²) in [5, 5.41) is 17.2. The second-order valence-corrected chi connectivity index (χ2v) is 9.01. The molecule has 1 aliphatic carbocycles. The number of nitrogens with zero attached hydrogens (tertiary/aromatic N) is 4. The van der Waals surface area contributed by atoms with Crippen LogP contribution >= 0.6 is 0 Å². The third-order valence-electron chi connectivity index (χ3n) is 6.82. The van der Waals surface area contributed by atoms with E-state index < -0.39 is 0 Å². The number of rotatable bonds is 9. The van der Waals surface area contributed by atoms with E-state index in [1.165, 1.54) is 6.33 Å². The van der Waals surface area contributed by atoms with Gasteiger partial charge in [-0.3, -0.25) is 4.79 Å². The zero-order valence-electron chi connectivity index (χ0n) is 20.2. The number of fused-ring (bicyclic) bond motifs is 2. The minimum atomic E-state index is -0.0364. The molecule has 0 saturated heterocycles. The molecule has 1 fully saturated rings. The summed E-state index contributed by atoms with van der Waals surface area (Å²) < 4.78 is 12.5. The van der Waals surface area contributed by atoms with Crippen molar-refractivity contribution in [3.05, 3.63) is 36.4 Å². The highest BCUT2D eigenvalue weighted by Crippen LogP contribution is 2.39. The minimum Gasteiger partial charge on any atom is -0.495 e. The van der Waals surface area contributed by atoms with Gasteiger partial charge in [-0.15, -0.1) is 0 Å². The van der Waals surface area contributed by atoms with Crippen LogP contribution in [0.3, 0.4) is 0 Å². The summed E-state index contributed by atoms with van der Waals surface area (Å²) in [6.45, 7) is 1.10. The van der Waals surface area contributed by atoms with E-state index in [0.717, 1.165) is 53.9 Å². The molecule has 0 unspecified atom stereocenters. The number of ether oxygens (including phenoxy) is 2. The van der Waals surface area contributed by atoms with Crippen LogP contribution in [0, 0.1) is 5.92 Å². The number of anilines is 1. The van der Waals surface area contributed by atoms with Crippen molar-refractivity contribution in [2.24, 2.45) is 5.92 Å². The second kappa shape index (κ2) is 10.5. The molecule has 11 nitrogen and oxygen atoms in total. The van der Waals surface area contributed by atoms with Gasteiger partial charge >= 0.3 is 0 Å². The van der Waals surface area contributed by atoms with Gasteiger partial charge in [0, 0.05) is 23.8 Å². The summed E-state index contributed by atoms with van der Waals surface area (Å²) in [5.74, 6) is 2.11. The Hall–Kier alpha value is -3.70. The number of carbonyl (C=O) groups is 1. The fourth-order valence-corrected chi connectivity index (χ4v) is 5.03. The van der Waals surface area contributed by atoms with Gasteiger partial charge in [0.15, 0.2) is 5.82 Å². The molecule has 0 aliphatic heterocycles. The zero-order valence-corrected chi connectivity index (χ0v) is 20.2. The van der Waals surface area contributed by atoms with Crippen molar-refractivity contribution >= 4 is 28.1 Å². The average molecular weight is 494 g/mol. The van der Waals surface area contributed by atoms with Crippen LogP contribution in [-0.2, 0) is 9.53 Å². The molecule has 1 saturated carbocycles. The molecule has 5 rings (SSSR count). The average Bonchev–Trinajstić information content (AvgIpc) is 3.51. The SMILES string of the molecule is COc1cccc2cc(-c3nc([C@H]4CC[C@H](C(=O)NCCOCCO)CC4)n4ncnc(N)c34)[nH]c12. The van der Waals surface area contributed by atoms with Gasteiger partial charge in [-0.2, -0.15) is 5.10 Å². The van der Waals surface area contributed by atoms with Crippen molar-refractivity contribution < 1.29 is 19.4 Å². The number of nitrogens with one attached hydrogen (secondary N) is 2. The first-order valence-electron chi connectivity index (χ1n) is 12.2. The Kier molecular flexibility index (Phi) is 7.01. The number of H-pyrrole nitrogens is 1. The number of benzene rings is 1. The molecule has 0 spiro atoms. The Bertz CT molecular complexity index is 1360. The molecular weight excluding hydrogens is 462 g/mol. The number of hydrogen-bond acceptors (Lipinski definition) is 8. The quantitative estimate of drug-likeness (QED) is 0.259. The molecule has 3 aromatic heterocycles. The molecule has 4 aromatic rings. The zero-order chi connectivity index (χ0) is 25.1. The van der Waals surface area contributed by atoms with Gasteiger partial charge in [-0.1, -0.05) is 12.1 Å². The van der Waals surface area contributed by atoms with Gasteiger partial charge in [0.1, 0.15) is 29.1 Å². The smallest absolute Gasteiger partial charge is 0.223 e. The number of aliphatic hydroxyl groups excluding tert-OH is 1. The number of carbonyl (C=O) groups excluding carboxylic acids is 1. The van der Waals surface area contributed by atoms with E-state index in [1.54, 1.807) is 11.6 Å². The van der Waals surface area contributed by atoms with E-state index in [1.807, 2.05) is 24.3 Å². The monoisotopic (exact) mass is 493 g/mol. The molecule has 5 N–H and O–H groups in total. The Morgan fingerprint density at radius 3 is 2.89 bits per heavy atom. The first-order valence-corrected chi connectivity index (χ1v) is 12.2. The van der Waals surface area contributed by atoms with Crippen LogP contribution in [0.25, 0.3) is 27.8 Å². The molecule has 0 atom stereocenters. The lowest BCUT2D eigenvalue weighted by molar-refractivity contribution is -0.126. The van der Waals surface area contributed by atoms with Crippen LogP contribution in [0.1, 0.15) is 37.4 Å². The number of nitrogens with two attached hydrogens (primary N) is 1. The Labute approximate surface area is 208 Å². The van der Waals surface area contributed by atoms with Crippen molar-refractivity contribution in [1.29, 1.82) is 0 Å². The molecular formula is C25H31N7O4. The lowest BCUT2D eigenvalue weighted by Crippen LogP contribution is -2.35. The van der Waals surface area contributed by atoms with Crippen LogP contribution < -0.4 is 15.8 Å². The molecule has 11 heteroatoms. The summed E-state index contributed by atoms with van der Waals surface area (Å²) in [5.41, 5.74) is 9.37. The molecule has 190 valence electrons. The summed E-state index contributed by atoms with van der Waals surface area (Å²) in [6.07, 6.45) is 4.62. The lowest BCUT2D eigenvalue weighted by Gasteiger charge is -2.26. The highest BCUT2D eigenvalue weighted by Gasteiger charge is 2.31. The molecule has 1 aromatic carbocycles. The Balaban J connectivity index is 1.37. The molecule has 0 bridgehead atoms. The number of methoxy groups -OCH3 is 1. The molecule has 3 heterocycles. The van der Waals surface area contributed by atoms with E-state index in [2.05, 4.69) is 20.4 Å². The number of aromatic amines is 1. The first-order chi connectivity index (χ1) is 17.6. The van der Waals surface area contributed by atoms with E-state index in [0.29, 0.717) is 30.2 Å². The van der Waals surface area contributed by atoms with Crippen molar-refractivity contribution in [1.82, 2.24) is 29.9 Å². The third kappa shape index (κ3) is 4.59.